The second-order valence-corrected chi connectivity index (χ2v) is 4.65. The minimum atomic E-state index is -4.67. The molecule has 88 valence electrons. The third-order valence-electron chi connectivity index (χ3n) is 0.969. The summed E-state index contributed by atoms with van der Waals surface area (Å²) in [6, 6.07) is 0. The van der Waals surface area contributed by atoms with Crippen LogP contribution in [-0.2, 0) is 10.4 Å². The van der Waals surface area contributed by atoms with E-state index in [0.717, 1.165) is 0 Å². The first-order valence-electron chi connectivity index (χ1n) is 3.75. The maximum Gasteiger partial charge on any atom is 0.394 e. The first-order valence-corrected chi connectivity index (χ1v) is 5.14. The van der Waals surface area contributed by atoms with E-state index in [4.69, 9.17) is 27.7 Å². The van der Waals surface area contributed by atoms with Gasteiger partial charge in [-0.1, -0.05) is 0 Å². The number of hydrogen-bond donors (Lipinski definition) is 4. The van der Waals surface area contributed by atoms with E-state index in [1.807, 2.05) is 21.1 Å². The van der Waals surface area contributed by atoms with Crippen LogP contribution in [0.1, 0.15) is 0 Å². The van der Waals surface area contributed by atoms with Gasteiger partial charge in [-0.15, -0.1) is 0 Å². The van der Waals surface area contributed by atoms with E-state index in [1.165, 1.54) is 0 Å². The number of hydrogen-bond acceptors (Lipinski definition) is 4. The van der Waals surface area contributed by atoms with Crippen molar-refractivity contribution < 1.29 is 32.2 Å². The van der Waals surface area contributed by atoms with Crippen LogP contribution < -0.4 is 0 Å². The molecule has 14 heavy (non-hydrogen) atoms. The molecule has 0 aliphatic heterocycles. The highest BCUT2D eigenvalue weighted by atomic mass is 32.3. The highest BCUT2D eigenvalue weighted by molar-refractivity contribution is 7.79. The Morgan fingerprint density at radius 3 is 1.57 bits per heavy atom. The van der Waals surface area contributed by atoms with Gasteiger partial charge in [0, 0.05) is 0 Å². The van der Waals surface area contributed by atoms with Gasteiger partial charge in [0.15, 0.2) is 0 Å². The first-order chi connectivity index (χ1) is 5.95. The molecule has 0 aromatic heterocycles. The van der Waals surface area contributed by atoms with Crippen molar-refractivity contribution in [2.75, 3.05) is 34.3 Å². The Labute approximate surface area is 83.8 Å². The molecule has 1 unspecified atom stereocenters. The van der Waals surface area contributed by atoms with Gasteiger partial charge in [0.2, 0.25) is 0 Å². The molecule has 0 aromatic carbocycles. The van der Waals surface area contributed by atoms with Crippen LogP contribution in [0.5, 0.6) is 0 Å². The number of aliphatic hydroxyl groups excluding tert-OH is 2. The van der Waals surface area contributed by atoms with E-state index in [1.54, 1.807) is 0 Å². The molecular formula is C6H18NO6S+. The highest BCUT2D eigenvalue weighted by Crippen LogP contribution is 1.92. The van der Waals surface area contributed by atoms with Crippen molar-refractivity contribution in [3.63, 3.8) is 0 Å². The van der Waals surface area contributed by atoms with Crippen LogP contribution in [0.4, 0.5) is 0 Å². The standard InChI is InChI=1S/C6H16NO2.H2O4S/c1-7(2,3)4-6(9)5-8;1-5(2,3)4/h6,8-9H,4-5H2,1-3H3;(H2,1,2,3,4)/q+1;. The molecule has 0 radical (unpaired) electrons. The quantitative estimate of drug-likeness (QED) is 0.344. The number of nitrogens with zero attached hydrogens (tertiary/aromatic N) is 1. The summed E-state index contributed by atoms with van der Waals surface area (Å²) in [6.45, 7) is 0.450. The minimum absolute atomic E-state index is 0.143. The van der Waals surface area contributed by atoms with Gasteiger partial charge in [0.25, 0.3) is 0 Å². The fourth-order valence-electron chi connectivity index (χ4n) is 0.690. The molecule has 1 atom stereocenters. The summed E-state index contributed by atoms with van der Waals surface area (Å²) in [5.41, 5.74) is 0. The predicted molar refractivity (Wildman–Crippen MR) is 50.2 cm³/mol. The summed E-state index contributed by atoms with van der Waals surface area (Å²) in [5, 5.41) is 17.4. The third-order valence-corrected chi connectivity index (χ3v) is 0.969. The number of aliphatic hydroxyl groups is 2. The second-order valence-electron chi connectivity index (χ2n) is 3.76. The Balaban J connectivity index is 0. The van der Waals surface area contributed by atoms with Gasteiger partial charge in [0.1, 0.15) is 12.6 Å². The van der Waals surface area contributed by atoms with Crippen LogP contribution in [-0.4, -0.2) is 72.6 Å². The highest BCUT2D eigenvalue weighted by Gasteiger charge is 2.13. The molecule has 0 rings (SSSR count). The van der Waals surface area contributed by atoms with Gasteiger partial charge in [-0.25, -0.2) is 0 Å². The maximum absolute atomic E-state index is 8.93. The van der Waals surface area contributed by atoms with Crippen LogP contribution in [0, 0.1) is 0 Å². The molecule has 8 heteroatoms. The molecule has 0 bridgehead atoms. The zero-order valence-corrected chi connectivity index (χ0v) is 9.27. The van der Waals surface area contributed by atoms with Gasteiger partial charge in [-0.3, -0.25) is 9.11 Å². The van der Waals surface area contributed by atoms with Crippen molar-refractivity contribution in [2.24, 2.45) is 0 Å². The lowest BCUT2D eigenvalue weighted by atomic mass is 10.3. The van der Waals surface area contributed by atoms with Crippen molar-refractivity contribution in [1.82, 2.24) is 0 Å². The van der Waals surface area contributed by atoms with E-state index in [2.05, 4.69) is 0 Å². The Hall–Kier alpha value is -0.250. The predicted octanol–water partition coefficient (Wildman–Crippen LogP) is -1.61. The number of quaternary nitrogens is 1. The van der Waals surface area contributed by atoms with E-state index in [9.17, 15) is 0 Å². The molecule has 0 aromatic rings. The lowest BCUT2D eigenvalue weighted by Crippen LogP contribution is -2.42. The zero-order valence-electron chi connectivity index (χ0n) is 8.45. The summed E-state index contributed by atoms with van der Waals surface area (Å²) in [7, 11) is 1.25. The maximum atomic E-state index is 8.93. The van der Waals surface area contributed by atoms with Crippen LogP contribution in [0.3, 0.4) is 0 Å². The Morgan fingerprint density at radius 1 is 1.21 bits per heavy atom. The average Bonchev–Trinajstić information content (AvgIpc) is 1.79. The van der Waals surface area contributed by atoms with Gasteiger partial charge in [-0.2, -0.15) is 8.42 Å². The molecule has 7 nitrogen and oxygen atoms in total. The lowest BCUT2D eigenvalue weighted by Gasteiger charge is -2.25. The topological polar surface area (TPSA) is 115 Å². The number of rotatable bonds is 3. The van der Waals surface area contributed by atoms with Gasteiger partial charge < -0.3 is 14.7 Å². The van der Waals surface area contributed by atoms with E-state index in [0.29, 0.717) is 11.0 Å². The SMILES string of the molecule is C[N+](C)(C)CC(O)CO.O=S(=O)(O)O. The molecule has 0 aliphatic rings. The van der Waals surface area contributed by atoms with Crippen LogP contribution in [0.15, 0.2) is 0 Å². The molecule has 0 spiro atoms. The number of likely N-dealkylation sites (N-methyl/N-ethyl adjacent to an activating group) is 1. The molecule has 0 fully saturated rings. The van der Waals surface area contributed by atoms with E-state index in [-0.39, 0.29) is 6.61 Å². The van der Waals surface area contributed by atoms with Crippen molar-refractivity contribution in [2.45, 2.75) is 6.10 Å². The van der Waals surface area contributed by atoms with Gasteiger partial charge >= 0.3 is 10.4 Å². The van der Waals surface area contributed by atoms with Crippen molar-refractivity contribution in [3.05, 3.63) is 0 Å². The molecule has 0 saturated heterocycles. The van der Waals surface area contributed by atoms with E-state index < -0.39 is 16.5 Å². The molecule has 0 heterocycles. The summed E-state index contributed by atoms with van der Waals surface area (Å²) in [5.74, 6) is 0. The zero-order chi connectivity index (χ0) is 12.0. The van der Waals surface area contributed by atoms with Gasteiger partial charge in [0.05, 0.1) is 27.7 Å². The van der Waals surface area contributed by atoms with Crippen LogP contribution in [0.25, 0.3) is 0 Å². The fourth-order valence-corrected chi connectivity index (χ4v) is 0.690. The summed E-state index contributed by atoms with van der Waals surface area (Å²) in [6.07, 6.45) is -0.579. The monoisotopic (exact) mass is 232 g/mol. The smallest absolute Gasteiger partial charge is 0.393 e. The van der Waals surface area contributed by atoms with E-state index >= 15 is 0 Å². The van der Waals surface area contributed by atoms with Crippen molar-refractivity contribution in [1.29, 1.82) is 0 Å². The molecule has 0 saturated carbocycles. The summed E-state index contributed by atoms with van der Waals surface area (Å²) >= 11 is 0. The largest absolute Gasteiger partial charge is 0.394 e. The second kappa shape index (κ2) is 6.27. The Kier molecular flexibility index (Phi) is 7.26. The molecule has 0 amide bonds. The normalized spacial score (nSPS) is 14.2. The van der Waals surface area contributed by atoms with Crippen molar-refractivity contribution >= 4 is 10.4 Å². The fraction of sp³-hybridized carbons (Fsp3) is 1.00. The van der Waals surface area contributed by atoms with Crippen LogP contribution >= 0.6 is 0 Å². The average molecular weight is 232 g/mol. The van der Waals surface area contributed by atoms with Gasteiger partial charge in [-0.05, 0) is 0 Å². The Bertz CT molecular complexity index is 223. The minimum Gasteiger partial charge on any atom is -0.393 e. The van der Waals surface area contributed by atoms with Crippen LogP contribution in [0.2, 0.25) is 0 Å². The summed E-state index contributed by atoms with van der Waals surface area (Å²) < 4.78 is 32.3. The third kappa shape index (κ3) is 29.8. The Morgan fingerprint density at radius 2 is 1.50 bits per heavy atom. The molecule has 0 aliphatic carbocycles. The molecule has 4 N–H and O–H groups in total. The summed E-state index contributed by atoms with van der Waals surface area (Å²) in [4.78, 5) is 0. The molecular weight excluding hydrogens is 214 g/mol. The van der Waals surface area contributed by atoms with Crippen molar-refractivity contribution in [3.8, 4) is 0 Å². The lowest BCUT2D eigenvalue weighted by molar-refractivity contribution is -0.873. The first kappa shape index (κ1) is 16.2.